The number of hydrogen-bond donors (Lipinski definition) is 0. The van der Waals surface area contributed by atoms with Gasteiger partial charge in [0.05, 0.1) is 5.69 Å². The molecule has 0 radical (unpaired) electrons. The normalized spacial score (nSPS) is 11.3. The lowest BCUT2D eigenvalue weighted by Gasteiger charge is -2.21. The highest BCUT2D eigenvalue weighted by Gasteiger charge is 2.20. The van der Waals surface area contributed by atoms with Gasteiger partial charge in [0.15, 0.2) is 0 Å². The van der Waals surface area contributed by atoms with Crippen molar-refractivity contribution in [1.82, 2.24) is 0 Å². The van der Waals surface area contributed by atoms with E-state index in [2.05, 4.69) is 0 Å². The Bertz CT molecular complexity index is 393. The van der Waals surface area contributed by atoms with E-state index in [0.29, 0.717) is 5.69 Å². The lowest BCUT2D eigenvalue weighted by Crippen LogP contribution is -2.33. The number of nitrogens with zero attached hydrogens (tertiary/aromatic N) is 1. The van der Waals surface area contributed by atoms with Crippen LogP contribution < -0.4 is 4.31 Å². The highest BCUT2D eigenvalue weighted by molar-refractivity contribution is 7.93. The molecule has 4 nitrogen and oxygen atoms in total. The molecule has 0 saturated carbocycles. The van der Waals surface area contributed by atoms with Crippen molar-refractivity contribution >= 4 is 27.3 Å². The monoisotopic (exact) mass is 249 g/mol. The van der Waals surface area contributed by atoms with Crippen molar-refractivity contribution in [2.45, 2.75) is 0 Å². The van der Waals surface area contributed by atoms with Crippen molar-refractivity contribution in [2.75, 3.05) is 23.4 Å². The molecule has 0 amide bonds. The fraction of sp³-hybridized carbons (Fsp3) is 0.333. The topological polar surface area (TPSA) is 46.6 Å². The third kappa shape index (κ3) is 3.09. The zero-order valence-corrected chi connectivity index (χ0v) is 9.83. The van der Waals surface area contributed by atoms with Crippen LogP contribution >= 0.6 is 11.6 Å². The van der Waals surface area contributed by atoms with Crippen LogP contribution in [0.5, 0.6) is 0 Å². The Morgan fingerprint density at radius 3 is 2.40 bits per heavy atom. The van der Waals surface area contributed by atoms with Gasteiger partial charge in [-0.25, -0.2) is 12.7 Å². The van der Waals surface area contributed by atoms with Crippen LogP contribution in [0.4, 0.5) is 5.69 Å². The molecule has 0 spiro atoms. The summed E-state index contributed by atoms with van der Waals surface area (Å²) < 4.78 is 29.2. The van der Waals surface area contributed by atoms with Crippen molar-refractivity contribution < 1.29 is 13.2 Å². The van der Waals surface area contributed by atoms with E-state index in [-0.39, 0.29) is 6.73 Å². The van der Waals surface area contributed by atoms with Gasteiger partial charge in [-0.2, -0.15) is 0 Å². The van der Waals surface area contributed by atoms with Crippen molar-refractivity contribution in [3.63, 3.8) is 0 Å². The quantitative estimate of drug-likeness (QED) is 0.589. The van der Waals surface area contributed by atoms with Gasteiger partial charge in [-0.1, -0.05) is 18.2 Å². The van der Waals surface area contributed by atoms with Gasteiger partial charge < -0.3 is 4.74 Å². The van der Waals surface area contributed by atoms with Gasteiger partial charge in [-0.3, -0.25) is 0 Å². The van der Waals surface area contributed by atoms with Crippen LogP contribution in [0.25, 0.3) is 0 Å². The summed E-state index contributed by atoms with van der Waals surface area (Å²) >= 11 is 5.39. The van der Waals surface area contributed by atoms with Crippen molar-refractivity contribution in [3.05, 3.63) is 30.3 Å². The third-order valence-corrected chi connectivity index (χ3v) is 3.86. The van der Waals surface area contributed by atoms with Crippen LogP contribution in [0.1, 0.15) is 0 Å². The molecule has 0 unspecified atom stereocenters. The third-order valence-electron chi connectivity index (χ3n) is 1.76. The van der Waals surface area contributed by atoms with Crippen molar-refractivity contribution in [3.8, 4) is 0 Å². The lowest BCUT2D eigenvalue weighted by molar-refractivity contribution is 0.210. The van der Waals surface area contributed by atoms with Gasteiger partial charge in [-0.05, 0) is 12.1 Å². The molecular formula is C9H12ClNO3S. The summed E-state index contributed by atoms with van der Waals surface area (Å²) in [6.45, 7) is -0.0426. The van der Waals surface area contributed by atoms with E-state index in [4.69, 9.17) is 16.3 Å². The zero-order valence-electron chi connectivity index (χ0n) is 8.26. The number of hydrogen-bond acceptors (Lipinski definition) is 3. The minimum absolute atomic E-state index is 0.0426. The minimum Gasteiger partial charge on any atom is -0.363 e. The van der Waals surface area contributed by atoms with Gasteiger partial charge in [0, 0.05) is 7.11 Å². The van der Waals surface area contributed by atoms with E-state index in [9.17, 15) is 8.42 Å². The summed E-state index contributed by atoms with van der Waals surface area (Å²) in [5.41, 5.74) is 0.542. The molecule has 84 valence electrons. The Hall–Kier alpha value is -0.780. The molecule has 0 bridgehead atoms. The highest BCUT2D eigenvalue weighted by Crippen LogP contribution is 2.17. The van der Waals surface area contributed by atoms with Crippen molar-refractivity contribution in [2.24, 2.45) is 0 Å². The number of benzene rings is 1. The Morgan fingerprint density at radius 2 is 1.93 bits per heavy atom. The Kier molecular flexibility index (Phi) is 4.38. The number of rotatable bonds is 5. The molecule has 0 aromatic heterocycles. The molecule has 0 saturated heterocycles. The number of para-hydroxylation sites is 1. The molecular weight excluding hydrogens is 238 g/mol. The average Bonchev–Trinajstić information content (AvgIpc) is 2.27. The van der Waals surface area contributed by atoms with Crippen LogP contribution in [0, 0.1) is 0 Å². The Labute approximate surface area is 94.5 Å². The summed E-state index contributed by atoms with van der Waals surface area (Å²) in [7, 11) is -2.07. The molecule has 1 aromatic carbocycles. The molecule has 0 atom stereocenters. The van der Waals surface area contributed by atoms with E-state index in [1.165, 1.54) is 7.11 Å². The number of sulfonamides is 1. The molecule has 15 heavy (non-hydrogen) atoms. The fourth-order valence-electron chi connectivity index (χ4n) is 1.09. The fourth-order valence-corrected chi connectivity index (χ4v) is 2.27. The number of alkyl halides is 1. The standard InChI is InChI=1S/C9H12ClNO3S/c1-14-8-11(15(12,13)7-10)9-5-3-2-4-6-9/h2-6H,7-8H2,1H3. The highest BCUT2D eigenvalue weighted by atomic mass is 35.5. The predicted molar refractivity (Wildman–Crippen MR) is 60.4 cm³/mol. The lowest BCUT2D eigenvalue weighted by atomic mass is 10.3. The second kappa shape index (κ2) is 5.34. The van der Waals surface area contributed by atoms with E-state index in [1.807, 2.05) is 6.07 Å². The molecule has 1 rings (SSSR count). The van der Waals surface area contributed by atoms with Gasteiger partial charge in [0.25, 0.3) is 10.0 Å². The van der Waals surface area contributed by atoms with E-state index < -0.39 is 15.2 Å². The van der Waals surface area contributed by atoms with E-state index in [1.54, 1.807) is 24.3 Å². The number of halogens is 1. The summed E-state index contributed by atoms with van der Waals surface area (Å²) in [4.78, 5) is 0. The van der Waals surface area contributed by atoms with Crippen LogP contribution in [0.3, 0.4) is 0 Å². The van der Waals surface area contributed by atoms with Gasteiger partial charge in [-0.15, -0.1) is 11.6 Å². The Balaban J connectivity index is 3.04. The molecule has 6 heteroatoms. The summed E-state index contributed by atoms with van der Waals surface area (Å²) in [6, 6.07) is 8.68. The molecule has 0 N–H and O–H groups in total. The first-order valence-electron chi connectivity index (χ1n) is 4.22. The van der Waals surface area contributed by atoms with Crippen LogP contribution in [-0.4, -0.2) is 27.5 Å². The SMILES string of the molecule is COCN(c1ccccc1)S(=O)(=O)CCl. The van der Waals surface area contributed by atoms with E-state index >= 15 is 0 Å². The van der Waals surface area contributed by atoms with E-state index in [0.717, 1.165) is 4.31 Å². The maximum atomic E-state index is 11.6. The molecule has 0 fully saturated rings. The number of anilines is 1. The van der Waals surface area contributed by atoms with Crippen LogP contribution in [0.15, 0.2) is 30.3 Å². The number of ether oxygens (including phenoxy) is 1. The molecule has 0 aliphatic heterocycles. The average molecular weight is 250 g/mol. The second-order valence-corrected chi connectivity index (χ2v) is 5.30. The smallest absolute Gasteiger partial charge is 0.251 e. The van der Waals surface area contributed by atoms with Gasteiger partial charge >= 0.3 is 0 Å². The first-order chi connectivity index (χ1) is 7.11. The van der Waals surface area contributed by atoms with Crippen molar-refractivity contribution in [1.29, 1.82) is 0 Å². The van der Waals surface area contributed by atoms with Gasteiger partial charge in [0.2, 0.25) is 0 Å². The van der Waals surface area contributed by atoms with Crippen LogP contribution in [-0.2, 0) is 14.8 Å². The first-order valence-corrected chi connectivity index (χ1v) is 6.36. The predicted octanol–water partition coefficient (Wildman–Crippen LogP) is 1.62. The largest absolute Gasteiger partial charge is 0.363 e. The molecule has 0 heterocycles. The molecule has 1 aromatic rings. The Morgan fingerprint density at radius 1 is 1.33 bits per heavy atom. The maximum Gasteiger partial charge on any atom is 0.251 e. The zero-order chi connectivity index (χ0) is 11.3. The maximum absolute atomic E-state index is 11.6. The first kappa shape index (κ1) is 12.3. The number of methoxy groups -OCH3 is 1. The summed E-state index contributed by atoms with van der Waals surface area (Å²) in [6.07, 6.45) is 0. The van der Waals surface area contributed by atoms with Gasteiger partial charge in [0.1, 0.15) is 11.9 Å². The second-order valence-electron chi connectivity index (χ2n) is 2.82. The summed E-state index contributed by atoms with van der Waals surface area (Å²) in [5.74, 6) is 0. The summed E-state index contributed by atoms with van der Waals surface area (Å²) in [5, 5.41) is -0.467. The molecule has 0 aliphatic carbocycles. The molecule has 0 aliphatic rings. The minimum atomic E-state index is -3.50. The van der Waals surface area contributed by atoms with Crippen LogP contribution in [0.2, 0.25) is 0 Å².